The van der Waals surface area contributed by atoms with E-state index in [0.717, 1.165) is 10.9 Å². The van der Waals surface area contributed by atoms with Gasteiger partial charge in [0.1, 0.15) is 0 Å². The Morgan fingerprint density at radius 2 is 1.88 bits per heavy atom. The van der Waals surface area contributed by atoms with Crippen molar-refractivity contribution < 1.29 is 4.79 Å². The number of carbonyl (C=O) groups excluding carboxylic acids is 1. The Labute approximate surface area is 146 Å². The minimum Gasteiger partial charge on any atom is -0.354 e. The van der Waals surface area contributed by atoms with Gasteiger partial charge < -0.3 is 10.2 Å². The van der Waals surface area contributed by atoms with E-state index in [-0.39, 0.29) is 11.9 Å². The number of benzene rings is 2. The Kier molecular flexibility index (Phi) is 5.28. The van der Waals surface area contributed by atoms with E-state index in [9.17, 15) is 4.79 Å². The lowest BCUT2D eigenvalue weighted by atomic mass is 10.0. The summed E-state index contributed by atoms with van der Waals surface area (Å²) in [5.74, 6) is 0.0646. The van der Waals surface area contributed by atoms with E-state index in [2.05, 4.69) is 45.9 Å². The maximum absolute atomic E-state index is 12.4. The van der Waals surface area contributed by atoms with Gasteiger partial charge in [-0.2, -0.15) is 0 Å². The highest BCUT2D eigenvalue weighted by atomic mass is 32.1. The molecule has 0 aliphatic rings. The molecule has 2 aromatic carbocycles. The van der Waals surface area contributed by atoms with Crippen LogP contribution in [-0.4, -0.2) is 31.4 Å². The number of hydrogen-bond donors (Lipinski definition) is 1. The zero-order valence-corrected chi connectivity index (χ0v) is 14.8. The molecule has 1 atom stereocenters. The molecule has 3 rings (SSSR count). The summed E-state index contributed by atoms with van der Waals surface area (Å²) in [7, 11) is 4.09. The van der Waals surface area contributed by atoms with Crippen LogP contribution < -0.4 is 5.32 Å². The van der Waals surface area contributed by atoms with Crippen molar-refractivity contribution in [3.05, 3.63) is 70.4 Å². The minimum absolute atomic E-state index is 0.0646. The lowest BCUT2D eigenvalue weighted by Gasteiger charge is -2.23. The average molecular weight is 338 g/mol. The maximum Gasteiger partial charge on any atom is 0.224 e. The molecule has 1 aromatic heterocycles. The van der Waals surface area contributed by atoms with E-state index < -0.39 is 0 Å². The Hall–Kier alpha value is -2.17. The summed E-state index contributed by atoms with van der Waals surface area (Å²) in [6.45, 7) is 0.622. The summed E-state index contributed by atoms with van der Waals surface area (Å²) < 4.78 is 0. The maximum atomic E-state index is 12.4. The van der Waals surface area contributed by atoms with Crippen molar-refractivity contribution in [2.24, 2.45) is 0 Å². The number of carbonyl (C=O) groups is 1. The summed E-state index contributed by atoms with van der Waals surface area (Å²) in [4.78, 5) is 15.8. The number of thiophene rings is 1. The molecule has 0 fully saturated rings. The Morgan fingerprint density at radius 3 is 2.62 bits per heavy atom. The van der Waals surface area contributed by atoms with Crippen molar-refractivity contribution in [1.29, 1.82) is 0 Å². The van der Waals surface area contributed by atoms with E-state index in [1.807, 2.05) is 38.4 Å². The third-order valence-electron chi connectivity index (χ3n) is 4.22. The van der Waals surface area contributed by atoms with Crippen molar-refractivity contribution in [2.45, 2.75) is 12.5 Å². The van der Waals surface area contributed by atoms with Crippen LogP contribution in [0.5, 0.6) is 0 Å². The molecule has 0 radical (unpaired) electrons. The van der Waals surface area contributed by atoms with Crippen LogP contribution >= 0.6 is 11.3 Å². The highest BCUT2D eigenvalue weighted by Crippen LogP contribution is 2.22. The van der Waals surface area contributed by atoms with Gasteiger partial charge in [0.25, 0.3) is 0 Å². The summed E-state index contributed by atoms with van der Waals surface area (Å²) in [5, 5.41) is 7.49. The second-order valence-electron chi connectivity index (χ2n) is 6.11. The molecular formula is C20H22N2OS. The molecule has 0 saturated carbocycles. The minimum atomic E-state index is 0.0646. The first-order valence-electron chi connectivity index (χ1n) is 8.08. The smallest absolute Gasteiger partial charge is 0.224 e. The van der Waals surface area contributed by atoms with Crippen LogP contribution in [0.15, 0.2) is 60.0 Å². The van der Waals surface area contributed by atoms with E-state index in [1.165, 1.54) is 10.3 Å². The highest BCUT2D eigenvalue weighted by Gasteiger charge is 2.16. The fraction of sp³-hybridized carbons (Fsp3) is 0.250. The SMILES string of the molecule is CN(C)C(CNC(=O)Cc1cccc2ccccc12)c1cccs1. The fourth-order valence-corrected chi connectivity index (χ4v) is 3.83. The van der Waals surface area contributed by atoms with E-state index in [4.69, 9.17) is 0 Å². The Bertz CT molecular complexity index is 806. The van der Waals surface area contributed by atoms with Crippen LogP contribution in [0, 0.1) is 0 Å². The van der Waals surface area contributed by atoms with Gasteiger partial charge in [0.2, 0.25) is 5.91 Å². The highest BCUT2D eigenvalue weighted by molar-refractivity contribution is 7.10. The monoisotopic (exact) mass is 338 g/mol. The molecule has 4 heteroatoms. The molecular weight excluding hydrogens is 316 g/mol. The van der Waals surface area contributed by atoms with Gasteiger partial charge in [-0.1, -0.05) is 48.5 Å². The number of hydrogen-bond acceptors (Lipinski definition) is 3. The largest absolute Gasteiger partial charge is 0.354 e. The Balaban J connectivity index is 1.67. The normalized spacial score (nSPS) is 12.5. The van der Waals surface area contributed by atoms with Crippen molar-refractivity contribution in [3.8, 4) is 0 Å². The van der Waals surface area contributed by atoms with Gasteiger partial charge in [-0.25, -0.2) is 0 Å². The molecule has 124 valence electrons. The van der Waals surface area contributed by atoms with Gasteiger partial charge in [0.05, 0.1) is 12.5 Å². The molecule has 1 unspecified atom stereocenters. The van der Waals surface area contributed by atoms with Gasteiger partial charge in [-0.15, -0.1) is 11.3 Å². The van der Waals surface area contributed by atoms with Crippen molar-refractivity contribution in [1.82, 2.24) is 10.2 Å². The molecule has 0 bridgehead atoms. The van der Waals surface area contributed by atoms with Crippen molar-refractivity contribution in [2.75, 3.05) is 20.6 Å². The van der Waals surface area contributed by atoms with Crippen molar-refractivity contribution >= 4 is 28.0 Å². The molecule has 0 spiro atoms. The zero-order valence-electron chi connectivity index (χ0n) is 14.0. The number of fused-ring (bicyclic) bond motifs is 1. The Morgan fingerprint density at radius 1 is 1.08 bits per heavy atom. The standard InChI is InChI=1S/C20H22N2OS/c1-22(2)18(19-11-6-12-24-19)14-21-20(23)13-16-9-5-8-15-7-3-4-10-17(15)16/h3-12,18H,13-14H2,1-2H3,(H,21,23). The quantitative estimate of drug-likeness (QED) is 0.740. The summed E-state index contributed by atoms with van der Waals surface area (Å²) in [5.41, 5.74) is 1.07. The van der Waals surface area contributed by atoms with E-state index in [1.54, 1.807) is 11.3 Å². The second-order valence-corrected chi connectivity index (χ2v) is 7.09. The van der Waals surface area contributed by atoms with Crippen LogP contribution in [0.4, 0.5) is 0 Å². The number of nitrogens with one attached hydrogen (secondary N) is 1. The molecule has 1 amide bonds. The molecule has 3 aromatic rings. The van der Waals surface area contributed by atoms with Gasteiger partial charge >= 0.3 is 0 Å². The first-order chi connectivity index (χ1) is 11.6. The van der Waals surface area contributed by atoms with Gasteiger partial charge in [-0.3, -0.25) is 4.79 Å². The van der Waals surface area contributed by atoms with E-state index >= 15 is 0 Å². The predicted molar refractivity (Wildman–Crippen MR) is 101 cm³/mol. The number of nitrogens with zero attached hydrogens (tertiary/aromatic N) is 1. The predicted octanol–water partition coefficient (Wildman–Crippen LogP) is 3.86. The van der Waals surface area contributed by atoms with Crippen LogP contribution in [0.3, 0.4) is 0 Å². The van der Waals surface area contributed by atoms with Gasteiger partial charge in [0.15, 0.2) is 0 Å². The topological polar surface area (TPSA) is 32.3 Å². The second kappa shape index (κ2) is 7.60. The van der Waals surface area contributed by atoms with Gasteiger partial charge in [0, 0.05) is 11.4 Å². The van der Waals surface area contributed by atoms with Gasteiger partial charge in [-0.05, 0) is 41.9 Å². The lowest BCUT2D eigenvalue weighted by molar-refractivity contribution is -0.120. The molecule has 1 heterocycles. The van der Waals surface area contributed by atoms with Crippen LogP contribution in [-0.2, 0) is 11.2 Å². The summed E-state index contributed by atoms with van der Waals surface area (Å²) in [6.07, 6.45) is 0.409. The number of amides is 1. The molecule has 3 nitrogen and oxygen atoms in total. The number of rotatable bonds is 6. The number of likely N-dealkylation sites (N-methyl/N-ethyl adjacent to an activating group) is 1. The fourth-order valence-electron chi connectivity index (χ4n) is 2.91. The summed E-state index contributed by atoms with van der Waals surface area (Å²) in [6, 6.07) is 18.7. The van der Waals surface area contributed by atoms with Crippen molar-refractivity contribution in [3.63, 3.8) is 0 Å². The van der Waals surface area contributed by atoms with Crippen LogP contribution in [0.1, 0.15) is 16.5 Å². The van der Waals surface area contributed by atoms with E-state index in [0.29, 0.717) is 13.0 Å². The molecule has 24 heavy (non-hydrogen) atoms. The molecule has 0 aliphatic carbocycles. The third kappa shape index (κ3) is 3.83. The summed E-state index contributed by atoms with van der Waals surface area (Å²) >= 11 is 1.72. The van der Waals surface area contributed by atoms with Crippen LogP contribution in [0.25, 0.3) is 10.8 Å². The average Bonchev–Trinajstić information content (AvgIpc) is 3.09. The third-order valence-corrected chi connectivity index (χ3v) is 5.19. The molecule has 0 aliphatic heterocycles. The van der Waals surface area contributed by atoms with Crippen LogP contribution in [0.2, 0.25) is 0 Å². The first-order valence-corrected chi connectivity index (χ1v) is 8.96. The molecule has 0 saturated heterocycles. The lowest BCUT2D eigenvalue weighted by Crippen LogP contribution is -2.34. The zero-order chi connectivity index (χ0) is 16.9. The molecule has 1 N–H and O–H groups in total. The first kappa shape index (κ1) is 16.7.